The molecule has 144 valence electrons. The predicted molar refractivity (Wildman–Crippen MR) is 107 cm³/mol. The van der Waals surface area contributed by atoms with Crippen LogP contribution in [0.5, 0.6) is 0 Å². The number of halogens is 1. The van der Waals surface area contributed by atoms with Gasteiger partial charge in [0.15, 0.2) is 10.9 Å². The lowest BCUT2D eigenvalue weighted by Crippen LogP contribution is -2.41. The number of carbonyl (C=O) groups is 1. The molecule has 1 aromatic carbocycles. The van der Waals surface area contributed by atoms with E-state index in [0.29, 0.717) is 42.9 Å². The summed E-state index contributed by atoms with van der Waals surface area (Å²) in [6.07, 6.45) is 3.39. The molecule has 8 nitrogen and oxygen atoms in total. The van der Waals surface area contributed by atoms with Crippen LogP contribution in [0.1, 0.15) is 16.2 Å². The van der Waals surface area contributed by atoms with Gasteiger partial charge in [0.2, 0.25) is 0 Å². The Bertz CT molecular complexity index is 944. The highest BCUT2D eigenvalue weighted by Crippen LogP contribution is 2.24. The molecule has 10 heteroatoms. The molecule has 0 unspecified atom stereocenters. The lowest BCUT2D eigenvalue weighted by atomic mass is 10.2. The second-order valence-corrected chi connectivity index (χ2v) is 7.86. The smallest absolute Gasteiger partial charge is 0.276 e. The average Bonchev–Trinajstić information content (AvgIpc) is 3.17. The van der Waals surface area contributed by atoms with Crippen molar-refractivity contribution in [1.29, 1.82) is 0 Å². The first kappa shape index (κ1) is 19.0. The molecule has 1 aliphatic rings. The van der Waals surface area contributed by atoms with Gasteiger partial charge in [0.1, 0.15) is 0 Å². The van der Waals surface area contributed by atoms with Gasteiger partial charge in [-0.1, -0.05) is 32.9 Å². The highest BCUT2D eigenvalue weighted by atomic mass is 79.9. The summed E-state index contributed by atoms with van der Waals surface area (Å²) >= 11 is 4.88. The fourth-order valence-corrected chi connectivity index (χ4v) is 3.86. The Morgan fingerprint density at radius 2 is 1.86 bits per heavy atom. The summed E-state index contributed by atoms with van der Waals surface area (Å²) in [5.41, 5.74) is 1.91. The van der Waals surface area contributed by atoms with Crippen molar-refractivity contribution in [3.63, 3.8) is 0 Å². The molecule has 1 amide bonds. The SMILES string of the molecule is O=C(c1nnn(-c2ccc(Br)cc2)c1CSc1ncccn1)N1CCOCC1. The van der Waals surface area contributed by atoms with Crippen LogP contribution in [0.15, 0.2) is 52.4 Å². The molecule has 3 aromatic rings. The van der Waals surface area contributed by atoms with Gasteiger partial charge in [-0.05, 0) is 30.3 Å². The van der Waals surface area contributed by atoms with E-state index in [0.717, 1.165) is 15.9 Å². The molecule has 0 atom stereocenters. The lowest BCUT2D eigenvalue weighted by molar-refractivity contribution is 0.0298. The lowest BCUT2D eigenvalue weighted by Gasteiger charge is -2.26. The van der Waals surface area contributed by atoms with E-state index >= 15 is 0 Å². The van der Waals surface area contributed by atoms with Crippen molar-refractivity contribution in [3.05, 3.63) is 58.6 Å². The van der Waals surface area contributed by atoms with E-state index in [9.17, 15) is 4.79 Å². The van der Waals surface area contributed by atoms with Crippen LogP contribution in [0.25, 0.3) is 5.69 Å². The van der Waals surface area contributed by atoms with Gasteiger partial charge in [0.25, 0.3) is 5.91 Å². The largest absolute Gasteiger partial charge is 0.378 e. The van der Waals surface area contributed by atoms with Crippen LogP contribution in [0, 0.1) is 0 Å². The van der Waals surface area contributed by atoms with Gasteiger partial charge in [0.05, 0.1) is 24.6 Å². The van der Waals surface area contributed by atoms with E-state index in [1.54, 1.807) is 28.0 Å². The molecule has 0 spiro atoms. The molecular weight excluding hydrogens is 444 g/mol. The molecule has 1 saturated heterocycles. The zero-order chi connectivity index (χ0) is 19.3. The fourth-order valence-electron chi connectivity index (χ4n) is 2.80. The number of aromatic nitrogens is 5. The maximum atomic E-state index is 13.0. The van der Waals surface area contributed by atoms with Crippen LogP contribution in [0.3, 0.4) is 0 Å². The first-order valence-electron chi connectivity index (χ1n) is 8.70. The number of nitrogens with zero attached hydrogens (tertiary/aromatic N) is 6. The summed E-state index contributed by atoms with van der Waals surface area (Å²) in [5, 5.41) is 9.12. The number of rotatable bonds is 5. The number of hydrogen-bond acceptors (Lipinski definition) is 7. The van der Waals surface area contributed by atoms with Gasteiger partial charge in [0, 0.05) is 35.7 Å². The molecule has 0 aliphatic carbocycles. The molecule has 0 saturated carbocycles. The van der Waals surface area contributed by atoms with Crippen molar-refractivity contribution in [3.8, 4) is 5.69 Å². The molecule has 4 rings (SSSR count). The number of benzene rings is 1. The van der Waals surface area contributed by atoms with Crippen LogP contribution in [-0.4, -0.2) is 62.1 Å². The highest BCUT2D eigenvalue weighted by molar-refractivity contribution is 9.10. The first-order chi connectivity index (χ1) is 13.7. The van der Waals surface area contributed by atoms with E-state index in [1.165, 1.54) is 11.8 Å². The summed E-state index contributed by atoms with van der Waals surface area (Å²) in [7, 11) is 0. The van der Waals surface area contributed by atoms with Gasteiger partial charge in [-0.3, -0.25) is 4.79 Å². The van der Waals surface area contributed by atoms with Crippen LogP contribution >= 0.6 is 27.7 Å². The number of ether oxygens (including phenoxy) is 1. The molecule has 1 aliphatic heterocycles. The van der Waals surface area contributed by atoms with Crippen LogP contribution in [0.2, 0.25) is 0 Å². The molecule has 0 N–H and O–H groups in total. The minimum atomic E-state index is -0.128. The van der Waals surface area contributed by atoms with Crippen LogP contribution in [0.4, 0.5) is 0 Å². The predicted octanol–water partition coefficient (Wildman–Crippen LogP) is 2.58. The van der Waals surface area contributed by atoms with E-state index in [-0.39, 0.29) is 5.91 Å². The molecule has 0 bridgehead atoms. The van der Waals surface area contributed by atoms with E-state index in [1.807, 2.05) is 24.3 Å². The Hall–Kier alpha value is -2.30. The first-order valence-corrected chi connectivity index (χ1v) is 10.5. The minimum Gasteiger partial charge on any atom is -0.378 e. The average molecular weight is 461 g/mol. The van der Waals surface area contributed by atoms with Crippen molar-refractivity contribution in [2.24, 2.45) is 0 Å². The number of hydrogen-bond donors (Lipinski definition) is 0. The summed E-state index contributed by atoms with van der Waals surface area (Å²) < 4.78 is 8.02. The fraction of sp³-hybridized carbons (Fsp3) is 0.278. The normalized spacial score (nSPS) is 14.2. The van der Waals surface area contributed by atoms with E-state index < -0.39 is 0 Å². The number of thioether (sulfide) groups is 1. The molecule has 0 radical (unpaired) electrons. The maximum Gasteiger partial charge on any atom is 0.276 e. The molecule has 1 fully saturated rings. The van der Waals surface area contributed by atoms with Gasteiger partial charge >= 0.3 is 0 Å². The van der Waals surface area contributed by atoms with Gasteiger partial charge in [-0.15, -0.1) is 5.10 Å². The third-order valence-electron chi connectivity index (χ3n) is 4.22. The topological polar surface area (TPSA) is 86.0 Å². The summed E-state index contributed by atoms with van der Waals surface area (Å²) in [5.74, 6) is 0.342. The zero-order valence-electron chi connectivity index (χ0n) is 14.9. The molecule has 2 aromatic heterocycles. The summed E-state index contributed by atoms with van der Waals surface area (Å²) in [4.78, 5) is 23.3. The van der Waals surface area contributed by atoms with Crippen molar-refractivity contribution < 1.29 is 9.53 Å². The monoisotopic (exact) mass is 460 g/mol. The second-order valence-electron chi connectivity index (χ2n) is 6.00. The standard InChI is InChI=1S/C18H17BrN6O2S/c19-13-2-4-14(5-3-13)25-15(12-28-18-20-6-1-7-21-18)16(22-23-25)17(26)24-8-10-27-11-9-24/h1-7H,8-12H2. The molecular formula is C18H17BrN6O2S. The van der Waals surface area contributed by atoms with Crippen LogP contribution in [-0.2, 0) is 10.5 Å². The van der Waals surface area contributed by atoms with E-state index in [2.05, 4.69) is 36.2 Å². The third-order valence-corrected chi connectivity index (χ3v) is 5.63. The van der Waals surface area contributed by atoms with Crippen LogP contribution < -0.4 is 0 Å². The van der Waals surface area contributed by atoms with E-state index in [4.69, 9.17) is 4.74 Å². The Kier molecular flexibility index (Phi) is 5.98. The Morgan fingerprint density at radius 3 is 2.57 bits per heavy atom. The Morgan fingerprint density at radius 1 is 1.14 bits per heavy atom. The quantitative estimate of drug-likeness (QED) is 0.427. The van der Waals surface area contributed by atoms with Crippen molar-refractivity contribution >= 4 is 33.6 Å². The second kappa shape index (κ2) is 8.80. The maximum absolute atomic E-state index is 13.0. The zero-order valence-corrected chi connectivity index (χ0v) is 17.3. The Balaban J connectivity index is 1.66. The van der Waals surface area contributed by atoms with Crippen molar-refractivity contribution in [2.45, 2.75) is 10.9 Å². The third kappa shape index (κ3) is 4.23. The number of carbonyl (C=O) groups excluding carboxylic acids is 1. The molecule has 28 heavy (non-hydrogen) atoms. The number of amides is 1. The van der Waals surface area contributed by atoms with Gasteiger partial charge in [-0.2, -0.15) is 0 Å². The van der Waals surface area contributed by atoms with Gasteiger partial charge in [-0.25, -0.2) is 14.6 Å². The number of morpholine rings is 1. The van der Waals surface area contributed by atoms with Crippen molar-refractivity contribution in [1.82, 2.24) is 29.9 Å². The summed E-state index contributed by atoms with van der Waals surface area (Å²) in [6, 6.07) is 9.48. The minimum absolute atomic E-state index is 0.128. The summed E-state index contributed by atoms with van der Waals surface area (Å²) in [6.45, 7) is 2.18. The van der Waals surface area contributed by atoms with Gasteiger partial charge < -0.3 is 9.64 Å². The highest BCUT2D eigenvalue weighted by Gasteiger charge is 2.26. The van der Waals surface area contributed by atoms with Crippen molar-refractivity contribution in [2.75, 3.05) is 26.3 Å². The Labute approximate surface area is 174 Å². The molecule has 3 heterocycles.